The summed E-state index contributed by atoms with van der Waals surface area (Å²) < 4.78 is 5.10. The SMILES string of the molecule is CC(C)(O/N=C(\C(=O)C[C@H]1CON(C2(C(=O)O)CC(NC(=O)c3cc(=O)c(O)cn3O)C(=O)O2)C1=O)c1csc(N)n1)C(=O)O. The molecule has 2 amide bonds. The van der Waals surface area contributed by atoms with Crippen LogP contribution in [0.2, 0.25) is 0 Å². The normalized spacial score (nSPS) is 21.8. The number of aliphatic carboxylic acids is 2. The van der Waals surface area contributed by atoms with Gasteiger partial charge in [-0.1, -0.05) is 5.16 Å². The van der Waals surface area contributed by atoms with Crippen LogP contribution in [0, 0.1) is 5.92 Å². The molecule has 2 aromatic heterocycles. The van der Waals surface area contributed by atoms with Crippen LogP contribution in [0.4, 0.5) is 5.13 Å². The summed E-state index contributed by atoms with van der Waals surface area (Å²) >= 11 is 0.934. The van der Waals surface area contributed by atoms with Gasteiger partial charge in [-0.05, 0) is 13.8 Å². The van der Waals surface area contributed by atoms with Gasteiger partial charge in [0.25, 0.3) is 11.8 Å². The predicted octanol–water partition coefficient (Wildman–Crippen LogP) is -1.71. The molecule has 2 saturated heterocycles. The standard InChI is InChI=1S/C24H24N6O14S/c1-23(2,20(37)38)44-28-16(11-8-45-22(25)27-11)14(32)3-9-7-42-30(18(9)35)24(21(39)40)5-10(19(36)43-24)26-17(34)12-4-13(31)15(33)6-29(12)41/h4,6,8-10,33,41H,3,5,7H2,1-2H3,(H2,25,27)(H,26,34)(H,37,38)(H,39,40)/b28-16-/t9-,10?,24?/m0/s1. The Morgan fingerprint density at radius 2 is 1.96 bits per heavy atom. The fraction of sp³-hybridized carbons (Fsp3) is 0.375. The Labute approximate surface area is 254 Å². The summed E-state index contributed by atoms with van der Waals surface area (Å²) in [4.78, 5) is 101. The number of cyclic esters (lactones) is 1. The van der Waals surface area contributed by atoms with Crippen molar-refractivity contribution >= 4 is 57.7 Å². The fourth-order valence-electron chi connectivity index (χ4n) is 4.06. The number of amides is 2. The molecule has 2 aliphatic rings. The highest BCUT2D eigenvalue weighted by molar-refractivity contribution is 7.13. The lowest BCUT2D eigenvalue weighted by atomic mass is 9.98. The second kappa shape index (κ2) is 11.8. The van der Waals surface area contributed by atoms with Gasteiger partial charge in [0.1, 0.15) is 17.4 Å². The van der Waals surface area contributed by atoms with E-state index in [9.17, 15) is 54.1 Å². The Morgan fingerprint density at radius 3 is 2.56 bits per heavy atom. The van der Waals surface area contributed by atoms with Gasteiger partial charge in [0.15, 0.2) is 22.4 Å². The predicted molar refractivity (Wildman–Crippen MR) is 144 cm³/mol. The van der Waals surface area contributed by atoms with E-state index in [1.165, 1.54) is 19.2 Å². The molecular weight excluding hydrogens is 628 g/mol. The molecule has 7 N–H and O–H groups in total. The van der Waals surface area contributed by atoms with Crippen molar-refractivity contribution in [2.75, 3.05) is 12.3 Å². The largest absolute Gasteiger partial charge is 0.503 e. The Balaban J connectivity index is 1.53. The Kier molecular flexibility index (Phi) is 8.51. The number of ether oxygens (including phenoxy) is 1. The van der Waals surface area contributed by atoms with E-state index in [2.05, 4.69) is 15.5 Å². The molecular formula is C24H24N6O14S. The summed E-state index contributed by atoms with van der Waals surface area (Å²) in [5.74, 6) is -10.1. The number of nitrogens with two attached hydrogens (primary N) is 1. The first-order valence-corrected chi connectivity index (χ1v) is 13.5. The van der Waals surface area contributed by atoms with Crippen LogP contribution >= 0.6 is 11.3 Å². The molecule has 2 unspecified atom stereocenters. The number of carboxylic acids is 2. The van der Waals surface area contributed by atoms with Gasteiger partial charge in [0.2, 0.25) is 11.0 Å². The van der Waals surface area contributed by atoms with Crippen LogP contribution < -0.4 is 16.5 Å². The lowest BCUT2D eigenvalue weighted by molar-refractivity contribution is -0.256. The van der Waals surface area contributed by atoms with Crippen LogP contribution in [0.3, 0.4) is 0 Å². The number of hydrogen-bond donors (Lipinski definition) is 6. The topological polar surface area (TPSA) is 300 Å². The van der Waals surface area contributed by atoms with Crippen molar-refractivity contribution in [3.8, 4) is 5.75 Å². The maximum atomic E-state index is 13.3. The Morgan fingerprint density at radius 1 is 1.27 bits per heavy atom. The van der Waals surface area contributed by atoms with Gasteiger partial charge in [-0.15, -0.1) is 11.3 Å². The number of aromatic hydroxyl groups is 1. The number of anilines is 1. The zero-order valence-electron chi connectivity index (χ0n) is 23.2. The molecule has 0 aliphatic carbocycles. The van der Waals surface area contributed by atoms with Crippen LogP contribution in [0.1, 0.15) is 42.9 Å². The molecule has 3 atom stereocenters. The minimum atomic E-state index is -2.80. The maximum absolute atomic E-state index is 13.3. The third-order valence-corrected chi connectivity index (χ3v) is 7.22. The molecule has 2 aromatic rings. The number of aromatic nitrogens is 2. The van der Waals surface area contributed by atoms with E-state index < -0.39 is 101 Å². The molecule has 45 heavy (non-hydrogen) atoms. The zero-order chi connectivity index (χ0) is 33.4. The smallest absolute Gasteiger partial charge is 0.372 e. The number of hydroxylamine groups is 2. The first kappa shape index (κ1) is 32.3. The minimum absolute atomic E-state index is 0.0372. The summed E-state index contributed by atoms with van der Waals surface area (Å²) in [6, 6.07) is -1.17. The van der Waals surface area contributed by atoms with Crippen molar-refractivity contribution in [1.82, 2.24) is 20.1 Å². The zero-order valence-corrected chi connectivity index (χ0v) is 24.0. The maximum Gasteiger partial charge on any atom is 0.372 e. The van der Waals surface area contributed by atoms with E-state index in [1.807, 2.05) is 0 Å². The lowest BCUT2D eigenvalue weighted by Crippen LogP contribution is -2.55. The first-order chi connectivity index (χ1) is 21.0. The van der Waals surface area contributed by atoms with Crippen molar-refractivity contribution in [2.45, 2.75) is 44.1 Å². The molecule has 0 aromatic carbocycles. The number of carboxylic acid groups (broad SMARTS) is 2. The van der Waals surface area contributed by atoms with E-state index in [4.69, 9.17) is 20.1 Å². The molecule has 0 bridgehead atoms. The highest BCUT2D eigenvalue weighted by Gasteiger charge is 2.62. The molecule has 0 spiro atoms. The number of rotatable bonds is 11. The number of pyridine rings is 1. The molecule has 0 radical (unpaired) electrons. The van der Waals surface area contributed by atoms with Crippen LogP contribution in [-0.4, -0.2) is 100 Å². The average Bonchev–Trinajstić information content (AvgIpc) is 3.63. The minimum Gasteiger partial charge on any atom is -0.503 e. The quantitative estimate of drug-likeness (QED) is 0.0681. The summed E-state index contributed by atoms with van der Waals surface area (Å²) in [6.45, 7) is 1.77. The molecule has 20 nitrogen and oxygen atoms in total. The number of ketones is 1. The third-order valence-electron chi connectivity index (χ3n) is 6.54. The van der Waals surface area contributed by atoms with Crippen LogP contribution in [0.15, 0.2) is 27.6 Å². The second-order valence-electron chi connectivity index (χ2n) is 10.2. The summed E-state index contributed by atoms with van der Waals surface area (Å²) in [7, 11) is 0. The van der Waals surface area contributed by atoms with Crippen molar-refractivity contribution in [3.63, 3.8) is 0 Å². The monoisotopic (exact) mass is 652 g/mol. The first-order valence-electron chi connectivity index (χ1n) is 12.6. The van der Waals surface area contributed by atoms with Gasteiger partial charge in [-0.3, -0.25) is 24.0 Å². The molecule has 4 heterocycles. The van der Waals surface area contributed by atoms with E-state index in [0.29, 0.717) is 12.3 Å². The van der Waals surface area contributed by atoms with Crippen LogP contribution in [0.25, 0.3) is 0 Å². The summed E-state index contributed by atoms with van der Waals surface area (Å²) in [5, 5.41) is 45.8. The van der Waals surface area contributed by atoms with Crippen molar-refractivity contribution in [1.29, 1.82) is 0 Å². The number of nitrogens with zero attached hydrogens (tertiary/aromatic N) is 4. The average molecular weight is 653 g/mol. The van der Waals surface area contributed by atoms with Gasteiger partial charge >= 0.3 is 23.6 Å². The highest BCUT2D eigenvalue weighted by Crippen LogP contribution is 2.36. The van der Waals surface area contributed by atoms with E-state index >= 15 is 0 Å². The number of carbonyl (C=O) groups excluding carboxylic acids is 4. The molecule has 0 saturated carbocycles. The van der Waals surface area contributed by atoms with Gasteiger partial charge in [-0.25, -0.2) is 19.4 Å². The molecule has 2 fully saturated rings. The molecule has 2 aliphatic heterocycles. The lowest BCUT2D eigenvalue weighted by Gasteiger charge is -2.30. The number of esters is 1. The summed E-state index contributed by atoms with van der Waals surface area (Å²) in [5.41, 5.74) is -1.36. The van der Waals surface area contributed by atoms with Gasteiger partial charge < -0.3 is 41.2 Å². The number of carbonyl (C=O) groups is 6. The van der Waals surface area contributed by atoms with E-state index in [0.717, 1.165) is 11.3 Å². The van der Waals surface area contributed by atoms with Crippen molar-refractivity contribution in [3.05, 3.63) is 39.3 Å². The Bertz CT molecular complexity index is 1700. The van der Waals surface area contributed by atoms with Crippen LogP contribution in [-0.2, 0) is 38.4 Å². The van der Waals surface area contributed by atoms with Crippen molar-refractivity contribution in [2.24, 2.45) is 11.1 Å². The number of oxime groups is 1. The van der Waals surface area contributed by atoms with Crippen molar-refractivity contribution < 1.29 is 63.7 Å². The number of nitrogen functional groups attached to an aromatic ring is 1. The van der Waals surface area contributed by atoms with E-state index in [1.54, 1.807) is 0 Å². The third kappa shape index (κ3) is 6.24. The fourth-order valence-corrected chi connectivity index (χ4v) is 4.60. The summed E-state index contributed by atoms with van der Waals surface area (Å²) in [6.07, 6.45) is -1.04. The van der Waals surface area contributed by atoms with E-state index in [-0.39, 0.29) is 20.6 Å². The number of thiazole rings is 1. The highest BCUT2D eigenvalue weighted by atomic mass is 32.1. The molecule has 21 heteroatoms. The number of Topliss-reactive ketones (excluding diaryl/α,β-unsaturated/α-hetero) is 1. The molecule has 240 valence electrons. The van der Waals surface area contributed by atoms with Gasteiger partial charge in [-0.2, -0.15) is 9.79 Å². The number of hydrogen-bond acceptors (Lipinski definition) is 16. The van der Waals surface area contributed by atoms with Gasteiger partial charge in [0.05, 0.1) is 25.1 Å². The van der Waals surface area contributed by atoms with Gasteiger partial charge in [0, 0.05) is 17.9 Å². The Hall–Kier alpha value is -5.57. The second-order valence-corrected chi connectivity index (χ2v) is 11.1. The van der Waals surface area contributed by atoms with Crippen LogP contribution in [0.5, 0.6) is 5.75 Å². The number of nitrogens with one attached hydrogen (secondary N) is 1. The molecule has 4 rings (SSSR count).